The van der Waals surface area contributed by atoms with Gasteiger partial charge in [-0.2, -0.15) is 9.78 Å². The van der Waals surface area contributed by atoms with Gasteiger partial charge in [-0.25, -0.2) is 10.1 Å². The second-order valence-corrected chi connectivity index (χ2v) is 6.97. The van der Waals surface area contributed by atoms with Crippen LogP contribution in [0.1, 0.15) is 23.0 Å². The highest BCUT2D eigenvalue weighted by molar-refractivity contribution is 6.30. The summed E-state index contributed by atoms with van der Waals surface area (Å²) in [7, 11) is 0. The van der Waals surface area contributed by atoms with E-state index in [4.69, 9.17) is 22.1 Å². The molecule has 0 aliphatic rings. The zero-order valence-electron chi connectivity index (χ0n) is 17.1. The summed E-state index contributed by atoms with van der Waals surface area (Å²) in [4.78, 5) is 12.9. The second kappa shape index (κ2) is 9.36. The zero-order valence-corrected chi connectivity index (χ0v) is 17.9. The minimum Gasteiger partial charge on any atom is -0.507 e. The number of halogens is 1. The molecule has 0 saturated heterocycles. The Morgan fingerprint density at radius 1 is 1.30 bits per heavy atom. The Kier molecular flexibility index (Phi) is 6.17. The highest BCUT2D eigenvalue weighted by Crippen LogP contribution is 2.28. The van der Waals surface area contributed by atoms with E-state index in [2.05, 4.69) is 35.8 Å². The third-order valence-corrected chi connectivity index (χ3v) is 4.61. The summed E-state index contributed by atoms with van der Waals surface area (Å²) in [5.74, 6) is -0.0311. The van der Waals surface area contributed by atoms with Crippen molar-refractivity contribution in [3.8, 4) is 28.6 Å². The van der Waals surface area contributed by atoms with Crippen LogP contribution >= 0.6 is 11.6 Å². The molecular weight excluding hydrogens is 452 g/mol. The number of anilines is 1. The molecule has 13 heteroatoms. The Morgan fingerprint density at radius 2 is 2.09 bits per heavy atom. The second-order valence-electron chi connectivity index (χ2n) is 6.53. The summed E-state index contributed by atoms with van der Waals surface area (Å²) in [6.07, 6.45) is 1.25. The molecular formula is C20H17ClN8O4. The van der Waals surface area contributed by atoms with Gasteiger partial charge in [0.1, 0.15) is 17.2 Å². The van der Waals surface area contributed by atoms with Gasteiger partial charge in [-0.05, 0) is 59.7 Å². The van der Waals surface area contributed by atoms with Gasteiger partial charge < -0.3 is 15.6 Å². The van der Waals surface area contributed by atoms with Gasteiger partial charge in [0.15, 0.2) is 5.69 Å². The van der Waals surface area contributed by atoms with Crippen LogP contribution in [0.2, 0.25) is 5.02 Å². The van der Waals surface area contributed by atoms with Crippen LogP contribution in [-0.4, -0.2) is 49.1 Å². The number of carbonyl (C=O) groups is 1. The summed E-state index contributed by atoms with van der Waals surface area (Å²) in [6, 6.07) is 11.4. The molecule has 2 aromatic carbocycles. The Hall–Kier alpha value is -4.45. The summed E-state index contributed by atoms with van der Waals surface area (Å²) < 4.78 is 11.4. The third kappa shape index (κ3) is 4.60. The lowest BCUT2D eigenvalue weighted by molar-refractivity contribution is 0.0950. The molecule has 168 valence electrons. The van der Waals surface area contributed by atoms with Gasteiger partial charge in [0.05, 0.1) is 12.8 Å². The Labute approximate surface area is 191 Å². The number of nitrogens with zero attached hydrogens (tertiary/aromatic N) is 6. The lowest BCUT2D eigenvalue weighted by atomic mass is 10.1. The molecule has 0 bridgehead atoms. The van der Waals surface area contributed by atoms with Crippen LogP contribution in [0.5, 0.6) is 11.5 Å². The van der Waals surface area contributed by atoms with Gasteiger partial charge in [0, 0.05) is 16.1 Å². The van der Waals surface area contributed by atoms with Crippen LogP contribution in [0.3, 0.4) is 0 Å². The van der Waals surface area contributed by atoms with E-state index in [-0.39, 0.29) is 28.8 Å². The number of hydrogen-bond acceptors (Lipinski definition) is 10. The van der Waals surface area contributed by atoms with E-state index in [0.717, 1.165) is 0 Å². The summed E-state index contributed by atoms with van der Waals surface area (Å²) >= 11 is 5.92. The van der Waals surface area contributed by atoms with Crippen LogP contribution in [-0.2, 0) is 0 Å². The number of aromatic hydroxyl groups is 1. The molecule has 2 aromatic heterocycles. The minimum atomic E-state index is -0.669. The Morgan fingerprint density at radius 3 is 2.79 bits per heavy atom. The molecule has 4 rings (SSSR count). The first-order valence-electron chi connectivity index (χ1n) is 9.57. The topological polar surface area (TPSA) is 167 Å². The van der Waals surface area contributed by atoms with E-state index in [1.54, 1.807) is 24.3 Å². The molecule has 0 radical (unpaired) electrons. The summed E-state index contributed by atoms with van der Waals surface area (Å²) in [6.45, 7) is 2.38. The van der Waals surface area contributed by atoms with Crippen molar-refractivity contribution in [1.29, 1.82) is 0 Å². The predicted molar refractivity (Wildman–Crippen MR) is 118 cm³/mol. The fourth-order valence-corrected chi connectivity index (χ4v) is 3.08. The average Bonchev–Trinajstić information content (AvgIpc) is 3.43. The van der Waals surface area contributed by atoms with Crippen LogP contribution in [0.4, 0.5) is 5.82 Å². The molecule has 0 atom stereocenters. The van der Waals surface area contributed by atoms with E-state index in [1.165, 1.54) is 29.1 Å². The van der Waals surface area contributed by atoms with Gasteiger partial charge in [-0.1, -0.05) is 16.8 Å². The molecule has 0 unspecified atom stereocenters. The Balaban J connectivity index is 1.68. The molecule has 0 aliphatic carbocycles. The molecule has 4 aromatic rings. The number of benzene rings is 2. The lowest BCUT2D eigenvalue weighted by Crippen LogP contribution is -2.19. The van der Waals surface area contributed by atoms with Crippen molar-refractivity contribution >= 4 is 29.5 Å². The molecule has 33 heavy (non-hydrogen) atoms. The standard InChI is InChI=1S/C20H17ClN8O4/c1-2-32-14-6-3-11(4-7-14)17-16(24-28-29(17)19-18(22)26-33-27-19)20(31)25-23-10-12-9-13(21)5-8-15(12)30/h3-10,30H,2H2,1H3,(H2,22,26)(H,25,31)/b23-10+. The largest absolute Gasteiger partial charge is 0.507 e. The summed E-state index contributed by atoms with van der Waals surface area (Å²) in [5, 5.41) is 29.4. The van der Waals surface area contributed by atoms with Crippen molar-refractivity contribution in [2.75, 3.05) is 12.3 Å². The number of aromatic nitrogens is 5. The number of hydrogen-bond donors (Lipinski definition) is 3. The molecule has 12 nitrogen and oxygen atoms in total. The molecule has 4 N–H and O–H groups in total. The number of ether oxygens (including phenoxy) is 1. The number of nitrogens with one attached hydrogen (secondary N) is 1. The third-order valence-electron chi connectivity index (χ3n) is 4.38. The number of phenols is 1. The van der Waals surface area contributed by atoms with E-state index >= 15 is 0 Å². The number of carbonyl (C=O) groups excluding carboxylic acids is 1. The molecule has 1 amide bonds. The van der Waals surface area contributed by atoms with Crippen molar-refractivity contribution < 1.29 is 19.3 Å². The number of rotatable bonds is 7. The maximum atomic E-state index is 12.9. The predicted octanol–water partition coefficient (Wildman–Crippen LogP) is 2.42. The van der Waals surface area contributed by atoms with Gasteiger partial charge in [0.2, 0.25) is 11.6 Å². The van der Waals surface area contributed by atoms with Crippen molar-refractivity contribution in [1.82, 2.24) is 30.7 Å². The van der Waals surface area contributed by atoms with Crippen molar-refractivity contribution in [3.05, 3.63) is 58.7 Å². The smallest absolute Gasteiger partial charge is 0.294 e. The monoisotopic (exact) mass is 468 g/mol. The first-order valence-corrected chi connectivity index (χ1v) is 9.95. The highest BCUT2D eigenvalue weighted by atomic mass is 35.5. The fraction of sp³-hybridized carbons (Fsp3) is 0.100. The molecule has 2 heterocycles. The van der Waals surface area contributed by atoms with Crippen molar-refractivity contribution in [2.24, 2.45) is 5.10 Å². The first kappa shape index (κ1) is 21.8. The van der Waals surface area contributed by atoms with E-state index in [1.807, 2.05) is 6.92 Å². The fourth-order valence-electron chi connectivity index (χ4n) is 2.90. The van der Waals surface area contributed by atoms with Gasteiger partial charge in [-0.3, -0.25) is 4.79 Å². The zero-order chi connectivity index (χ0) is 23.4. The minimum absolute atomic E-state index is 0.0338. The normalized spacial score (nSPS) is 11.1. The quantitative estimate of drug-likeness (QED) is 0.272. The maximum Gasteiger partial charge on any atom is 0.294 e. The number of hydrazone groups is 1. The average molecular weight is 469 g/mol. The molecule has 0 saturated carbocycles. The molecule has 0 fully saturated rings. The first-order chi connectivity index (χ1) is 16.0. The van der Waals surface area contributed by atoms with Crippen molar-refractivity contribution in [2.45, 2.75) is 6.92 Å². The number of nitrogens with two attached hydrogens (primary N) is 1. The Bertz CT molecular complexity index is 1320. The van der Waals surface area contributed by atoms with Crippen LogP contribution in [0.15, 0.2) is 52.2 Å². The number of amides is 1. The van der Waals surface area contributed by atoms with Crippen LogP contribution in [0, 0.1) is 0 Å². The van der Waals surface area contributed by atoms with E-state index in [0.29, 0.717) is 28.5 Å². The van der Waals surface area contributed by atoms with Crippen molar-refractivity contribution in [3.63, 3.8) is 0 Å². The van der Waals surface area contributed by atoms with Crippen LogP contribution < -0.4 is 15.9 Å². The van der Waals surface area contributed by atoms with Gasteiger partial charge in [-0.15, -0.1) is 5.10 Å². The molecule has 0 spiro atoms. The maximum absolute atomic E-state index is 12.9. The highest BCUT2D eigenvalue weighted by Gasteiger charge is 2.25. The van der Waals surface area contributed by atoms with Gasteiger partial charge in [0.25, 0.3) is 5.91 Å². The van der Waals surface area contributed by atoms with Gasteiger partial charge >= 0.3 is 0 Å². The molecule has 0 aliphatic heterocycles. The SMILES string of the molecule is CCOc1ccc(-c2c(C(=O)N/N=C/c3cc(Cl)ccc3O)nnn2-c2nonc2N)cc1. The lowest BCUT2D eigenvalue weighted by Gasteiger charge is -2.07. The van der Waals surface area contributed by atoms with E-state index < -0.39 is 5.91 Å². The van der Waals surface area contributed by atoms with Crippen LogP contribution in [0.25, 0.3) is 17.1 Å². The van der Waals surface area contributed by atoms with E-state index in [9.17, 15) is 9.90 Å². The number of phenolic OH excluding ortho intramolecular Hbond substituents is 1. The number of nitrogen functional groups attached to an aromatic ring is 1. The summed E-state index contributed by atoms with van der Waals surface area (Å²) in [5.41, 5.74) is 9.27.